The average Bonchev–Trinajstić information content (AvgIpc) is 2.35. The van der Waals surface area contributed by atoms with Gasteiger partial charge in [0.1, 0.15) is 0 Å². The normalized spacial score (nSPS) is 11.3. The topological polar surface area (TPSA) is 29.1 Å². The second-order valence-corrected chi connectivity index (χ2v) is 4.56. The van der Waals surface area contributed by atoms with Gasteiger partial charge in [-0.2, -0.15) is 0 Å². The first-order chi connectivity index (χ1) is 8.66. The maximum Gasteiger partial charge on any atom is 0.244 e. The third-order valence-electron chi connectivity index (χ3n) is 2.67. The summed E-state index contributed by atoms with van der Waals surface area (Å²) < 4.78 is 0. The number of rotatable bonds is 3. The third-order valence-corrected chi connectivity index (χ3v) is 2.67. The Morgan fingerprint density at radius 2 is 1.83 bits per heavy atom. The van der Waals surface area contributed by atoms with Crippen LogP contribution in [0.1, 0.15) is 19.4 Å². The summed E-state index contributed by atoms with van der Waals surface area (Å²) >= 11 is 0. The maximum absolute atomic E-state index is 11.6. The second-order valence-electron chi connectivity index (χ2n) is 4.56. The molecular formula is C16H17NO. The van der Waals surface area contributed by atoms with Gasteiger partial charge >= 0.3 is 0 Å². The van der Waals surface area contributed by atoms with Gasteiger partial charge in [0.05, 0.1) is 0 Å². The van der Waals surface area contributed by atoms with Gasteiger partial charge in [0.15, 0.2) is 0 Å². The zero-order valence-electron chi connectivity index (χ0n) is 10.7. The molecule has 1 amide bonds. The lowest BCUT2D eigenvalue weighted by Gasteiger charge is -2.05. The summed E-state index contributed by atoms with van der Waals surface area (Å²) in [6.45, 7) is 3.90. The van der Waals surface area contributed by atoms with Crippen LogP contribution in [0.15, 0.2) is 48.5 Å². The minimum Gasteiger partial charge on any atom is -0.350 e. The summed E-state index contributed by atoms with van der Waals surface area (Å²) in [6, 6.07) is 14.4. The summed E-state index contributed by atoms with van der Waals surface area (Å²) in [5.41, 5.74) is 1.06. The molecule has 18 heavy (non-hydrogen) atoms. The van der Waals surface area contributed by atoms with Crippen LogP contribution in [0.5, 0.6) is 0 Å². The molecule has 0 aliphatic carbocycles. The van der Waals surface area contributed by atoms with Crippen LogP contribution in [0.2, 0.25) is 0 Å². The molecule has 2 heteroatoms. The number of amides is 1. The summed E-state index contributed by atoms with van der Waals surface area (Å²) in [4.78, 5) is 11.6. The van der Waals surface area contributed by atoms with Gasteiger partial charge in [0.2, 0.25) is 5.91 Å². The van der Waals surface area contributed by atoms with E-state index in [1.165, 1.54) is 5.39 Å². The van der Waals surface area contributed by atoms with Gasteiger partial charge in [0.25, 0.3) is 0 Å². The van der Waals surface area contributed by atoms with E-state index in [0.717, 1.165) is 10.9 Å². The SMILES string of the molecule is CC(C)NC(=O)C=Cc1cccc2ccccc12. The molecule has 2 rings (SSSR count). The first-order valence-electron chi connectivity index (χ1n) is 6.13. The molecule has 2 nitrogen and oxygen atoms in total. The molecule has 0 aliphatic heterocycles. The first kappa shape index (κ1) is 12.4. The lowest BCUT2D eigenvalue weighted by molar-refractivity contribution is -0.116. The Morgan fingerprint density at radius 3 is 2.61 bits per heavy atom. The van der Waals surface area contributed by atoms with Crippen LogP contribution in [0, 0.1) is 0 Å². The summed E-state index contributed by atoms with van der Waals surface area (Å²) in [5.74, 6) is -0.0575. The second kappa shape index (κ2) is 5.50. The molecule has 0 saturated carbocycles. The maximum atomic E-state index is 11.6. The van der Waals surface area contributed by atoms with E-state index in [1.807, 2.05) is 44.2 Å². The molecule has 92 valence electrons. The molecule has 0 heterocycles. The van der Waals surface area contributed by atoms with E-state index in [9.17, 15) is 4.79 Å². The Morgan fingerprint density at radius 1 is 1.11 bits per heavy atom. The van der Waals surface area contributed by atoms with E-state index in [-0.39, 0.29) is 11.9 Å². The van der Waals surface area contributed by atoms with Crippen LogP contribution in [0.25, 0.3) is 16.8 Å². The molecule has 2 aromatic rings. The van der Waals surface area contributed by atoms with Crippen molar-refractivity contribution in [2.24, 2.45) is 0 Å². The molecule has 0 bridgehead atoms. The van der Waals surface area contributed by atoms with Crippen molar-refractivity contribution in [3.63, 3.8) is 0 Å². The van der Waals surface area contributed by atoms with Crippen LogP contribution in [0.4, 0.5) is 0 Å². The average molecular weight is 239 g/mol. The zero-order chi connectivity index (χ0) is 13.0. The number of benzene rings is 2. The Bertz CT molecular complexity index is 579. The quantitative estimate of drug-likeness (QED) is 0.817. The number of hydrogen-bond donors (Lipinski definition) is 1. The van der Waals surface area contributed by atoms with Crippen LogP contribution < -0.4 is 5.32 Å². The summed E-state index contributed by atoms with van der Waals surface area (Å²) in [6.07, 6.45) is 3.45. The molecule has 2 aromatic carbocycles. The molecule has 0 fully saturated rings. The minimum atomic E-state index is -0.0575. The molecule has 0 unspecified atom stereocenters. The standard InChI is InChI=1S/C16H17NO/c1-12(2)17-16(18)11-10-14-8-5-7-13-6-3-4-9-15(13)14/h3-12H,1-2H3,(H,17,18). The molecule has 0 radical (unpaired) electrons. The number of fused-ring (bicyclic) bond motifs is 1. The van der Waals surface area contributed by atoms with Crippen molar-refractivity contribution >= 4 is 22.8 Å². The highest BCUT2D eigenvalue weighted by molar-refractivity contribution is 5.96. The van der Waals surface area contributed by atoms with Crippen molar-refractivity contribution in [2.75, 3.05) is 0 Å². The minimum absolute atomic E-state index is 0.0575. The zero-order valence-corrected chi connectivity index (χ0v) is 10.7. The van der Waals surface area contributed by atoms with Crippen LogP contribution in [0.3, 0.4) is 0 Å². The van der Waals surface area contributed by atoms with Crippen LogP contribution >= 0.6 is 0 Å². The smallest absolute Gasteiger partial charge is 0.244 e. The Labute approximate surface area is 107 Å². The van der Waals surface area contributed by atoms with Gasteiger partial charge in [0, 0.05) is 12.1 Å². The fourth-order valence-electron chi connectivity index (χ4n) is 1.89. The monoisotopic (exact) mass is 239 g/mol. The molecule has 0 spiro atoms. The number of nitrogens with one attached hydrogen (secondary N) is 1. The molecule has 0 saturated heterocycles. The van der Waals surface area contributed by atoms with E-state index < -0.39 is 0 Å². The van der Waals surface area contributed by atoms with Crippen molar-refractivity contribution < 1.29 is 4.79 Å². The summed E-state index contributed by atoms with van der Waals surface area (Å²) in [5, 5.41) is 5.18. The van der Waals surface area contributed by atoms with Gasteiger partial charge in [-0.1, -0.05) is 42.5 Å². The Balaban J connectivity index is 2.27. The highest BCUT2D eigenvalue weighted by atomic mass is 16.1. The van der Waals surface area contributed by atoms with Crippen LogP contribution in [-0.4, -0.2) is 11.9 Å². The lowest BCUT2D eigenvalue weighted by atomic mass is 10.0. The van der Waals surface area contributed by atoms with Gasteiger partial charge in [-0.3, -0.25) is 4.79 Å². The predicted octanol–water partition coefficient (Wildman–Crippen LogP) is 3.38. The van der Waals surface area contributed by atoms with Gasteiger partial charge in [-0.15, -0.1) is 0 Å². The summed E-state index contributed by atoms with van der Waals surface area (Å²) in [7, 11) is 0. The lowest BCUT2D eigenvalue weighted by Crippen LogP contribution is -2.28. The Hall–Kier alpha value is -2.09. The van der Waals surface area contributed by atoms with Gasteiger partial charge in [-0.05, 0) is 36.3 Å². The number of carbonyl (C=O) groups excluding carboxylic acids is 1. The molecule has 0 aromatic heterocycles. The third kappa shape index (κ3) is 2.98. The molecular weight excluding hydrogens is 222 g/mol. The van der Waals surface area contributed by atoms with Crippen molar-refractivity contribution in [1.82, 2.24) is 5.32 Å². The van der Waals surface area contributed by atoms with E-state index in [0.29, 0.717) is 0 Å². The van der Waals surface area contributed by atoms with Gasteiger partial charge in [-0.25, -0.2) is 0 Å². The largest absolute Gasteiger partial charge is 0.350 e. The molecule has 1 N–H and O–H groups in total. The number of hydrogen-bond acceptors (Lipinski definition) is 1. The van der Waals surface area contributed by atoms with Crippen LogP contribution in [-0.2, 0) is 4.79 Å². The van der Waals surface area contributed by atoms with E-state index in [4.69, 9.17) is 0 Å². The first-order valence-corrected chi connectivity index (χ1v) is 6.13. The van der Waals surface area contributed by atoms with Crippen molar-refractivity contribution in [3.8, 4) is 0 Å². The Kier molecular flexibility index (Phi) is 3.78. The van der Waals surface area contributed by atoms with E-state index >= 15 is 0 Å². The molecule has 0 atom stereocenters. The number of carbonyl (C=O) groups is 1. The fraction of sp³-hybridized carbons (Fsp3) is 0.188. The van der Waals surface area contributed by atoms with Crippen molar-refractivity contribution in [3.05, 3.63) is 54.1 Å². The fourth-order valence-corrected chi connectivity index (χ4v) is 1.89. The predicted molar refractivity (Wildman–Crippen MR) is 76.3 cm³/mol. The highest BCUT2D eigenvalue weighted by Crippen LogP contribution is 2.19. The van der Waals surface area contributed by atoms with E-state index in [1.54, 1.807) is 6.08 Å². The van der Waals surface area contributed by atoms with Crippen molar-refractivity contribution in [2.45, 2.75) is 19.9 Å². The van der Waals surface area contributed by atoms with Gasteiger partial charge < -0.3 is 5.32 Å². The van der Waals surface area contributed by atoms with E-state index in [2.05, 4.69) is 23.5 Å². The van der Waals surface area contributed by atoms with Crippen molar-refractivity contribution in [1.29, 1.82) is 0 Å². The molecule has 0 aliphatic rings. The highest BCUT2D eigenvalue weighted by Gasteiger charge is 1.99.